The molecule has 0 radical (unpaired) electrons. The molecule has 1 aromatic carbocycles. The van der Waals surface area contributed by atoms with Crippen LogP contribution in [0.4, 0.5) is 0 Å². The molecule has 2 aromatic rings. The highest BCUT2D eigenvalue weighted by Crippen LogP contribution is 2.35. The predicted octanol–water partition coefficient (Wildman–Crippen LogP) is 4.22. The topological polar surface area (TPSA) is 29.5 Å². The second-order valence-electron chi connectivity index (χ2n) is 4.24. The van der Waals surface area contributed by atoms with Gasteiger partial charge in [0, 0.05) is 4.88 Å². The average molecular weight is 327 g/mol. The molecular formula is C14H15BrO2S. The minimum absolute atomic E-state index is 0.602. The molecule has 0 spiro atoms. The first-order valence-electron chi connectivity index (χ1n) is 5.61. The lowest BCUT2D eigenvalue weighted by Gasteiger charge is -2.12. The number of rotatable bonds is 3. The van der Waals surface area contributed by atoms with Crippen molar-refractivity contribution < 1.29 is 9.84 Å². The van der Waals surface area contributed by atoms with Crippen molar-refractivity contribution in [2.75, 3.05) is 7.11 Å². The molecule has 18 heavy (non-hydrogen) atoms. The van der Waals surface area contributed by atoms with Gasteiger partial charge in [-0.05, 0) is 58.6 Å². The van der Waals surface area contributed by atoms with Crippen LogP contribution >= 0.6 is 27.3 Å². The van der Waals surface area contributed by atoms with E-state index in [1.54, 1.807) is 18.4 Å². The van der Waals surface area contributed by atoms with E-state index in [0.717, 1.165) is 31.1 Å². The van der Waals surface area contributed by atoms with E-state index in [1.165, 1.54) is 0 Å². The number of hydrogen-bond acceptors (Lipinski definition) is 3. The summed E-state index contributed by atoms with van der Waals surface area (Å²) in [6.07, 6.45) is -0.602. The predicted molar refractivity (Wildman–Crippen MR) is 78.5 cm³/mol. The van der Waals surface area contributed by atoms with Gasteiger partial charge in [-0.1, -0.05) is 12.1 Å². The van der Waals surface area contributed by atoms with Crippen molar-refractivity contribution in [2.24, 2.45) is 0 Å². The van der Waals surface area contributed by atoms with E-state index in [2.05, 4.69) is 15.9 Å². The molecule has 0 saturated carbocycles. The summed E-state index contributed by atoms with van der Waals surface area (Å²) in [7, 11) is 1.64. The second-order valence-corrected chi connectivity index (χ2v) is 6.64. The summed E-state index contributed by atoms with van der Waals surface area (Å²) in [4.78, 5) is 0.935. The Hall–Kier alpha value is -0.840. The molecule has 1 unspecified atom stereocenters. The van der Waals surface area contributed by atoms with Crippen LogP contribution in [0.5, 0.6) is 5.75 Å². The summed E-state index contributed by atoms with van der Waals surface area (Å²) in [5.74, 6) is 0.805. The Morgan fingerprint density at radius 1 is 1.22 bits per heavy atom. The lowest BCUT2D eigenvalue weighted by molar-refractivity contribution is 0.223. The van der Waals surface area contributed by atoms with Gasteiger partial charge in [0.15, 0.2) is 0 Å². The molecule has 0 saturated heterocycles. The summed E-state index contributed by atoms with van der Waals surface area (Å²) in [6, 6.07) is 7.80. The molecule has 0 bridgehead atoms. The normalized spacial score (nSPS) is 12.5. The lowest BCUT2D eigenvalue weighted by atomic mass is 10.0. The molecule has 0 aliphatic rings. The van der Waals surface area contributed by atoms with Gasteiger partial charge in [-0.15, -0.1) is 11.3 Å². The molecule has 0 fully saturated rings. The van der Waals surface area contributed by atoms with Gasteiger partial charge in [-0.2, -0.15) is 0 Å². The van der Waals surface area contributed by atoms with Gasteiger partial charge < -0.3 is 9.84 Å². The number of halogens is 1. The van der Waals surface area contributed by atoms with E-state index < -0.39 is 6.10 Å². The van der Waals surface area contributed by atoms with E-state index in [0.29, 0.717) is 0 Å². The van der Waals surface area contributed by atoms with E-state index in [4.69, 9.17) is 4.74 Å². The quantitative estimate of drug-likeness (QED) is 0.915. The Morgan fingerprint density at radius 3 is 2.50 bits per heavy atom. The van der Waals surface area contributed by atoms with Crippen LogP contribution in [0.2, 0.25) is 0 Å². The summed E-state index contributed by atoms with van der Waals surface area (Å²) in [5, 5.41) is 10.4. The van der Waals surface area contributed by atoms with Crippen LogP contribution in [-0.4, -0.2) is 12.2 Å². The van der Waals surface area contributed by atoms with Gasteiger partial charge in [-0.3, -0.25) is 0 Å². The zero-order chi connectivity index (χ0) is 13.3. The molecule has 0 aliphatic carbocycles. The Labute approximate surface area is 119 Å². The van der Waals surface area contributed by atoms with Crippen molar-refractivity contribution in [2.45, 2.75) is 20.0 Å². The first kappa shape index (κ1) is 13.6. The molecule has 2 nitrogen and oxygen atoms in total. The third kappa shape index (κ3) is 2.60. The fourth-order valence-corrected chi connectivity index (χ4v) is 3.37. The number of aryl methyl sites for hydroxylation is 2. The number of methoxy groups -OCH3 is 1. The van der Waals surface area contributed by atoms with Crippen LogP contribution in [0.25, 0.3) is 0 Å². The minimum atomic E-state index is -0.602. The highest BCUT2D eigenvalue weighted by Gasteiger charge is 2.15. The minimum Gasteiger partial charge on any atom is -0.496 e. The van der Waals surface area contributed by atoms with Crippen LogP contribution in [0.1, 0.15) is 27.7 Å². The van der Waals surface area contributed by atoms with Gasteiger partial charge in [0.1, 0.15) is 11.9 Å². The third-order valence-electron chi connectivity index (χ3n) is 2.89. The van der Waals surface area contributed by atoms with E-state index in [1.807, 2.05) is 38.1 Å². The molecular weight excluding hydrogens is 312 g/mol. The van der Waals surface area contributed by atoms with Gasteiger partial charge in [0.05, 0.1) is 10.9 Å². The van der Waals surface area contributed by atoms with E-state index in [9.17, 15) is 5.11 Å². The number of benzene rings is 1. The molecule has 1 heterocycles. The number of hydrogen-bond donors (Lipinski definition) is 1. The van der Waals surface area contributed by atoms with Crippen molar-refractivity contribution in [3.8, 4) is 5.75 Å². The van der Waals surface area contributed by atoms with Crippen LogP contribution < -0.4 is 4.74 Å². The number of aliphatic hydroxyl groups is 1. The summed E-state index contributed by atoms with van der Waals surface area (Å²) < 4.78 is 6.35. The Kier molecular flexibility index (Phi) is 4.10. The smallest absolute Gasteiger partial charge is 0.122 e. The van der Waals surface area contributed by atoms with Gasteiger partial charge in [-0.25, -0.2) is 0 Å². The standard InChI is InChI=1S/C14H15BrO2S/c1-8-4-5-10(7-11(8)17-3)13(16)12-6-9(2)14(15)18-12/h4-7,13,16H,1-3H3. The van der Waals surface area contributed by atoms with Crippen LogP contribution in [0, 0.1) is 13.8 Å². The number of thiophene rings is 1. The van der Waals surface area contributed by atoms with Gasteiger partial charge in [0.25, 0.3) is 0 Å². The SMILES string of the molecule is COc1cc(C(O)c2cc(C)c(Br)s2)ccc1C. The molecule has 2 rings (SSSR count). The monoisotopic (exact) mass is 326 g/mol. The largest absolute Gasteiger partial charge is 0.496 e. The maximum absolute atomic E-state index is 10.4. The summed E-state index contributed by atoms with van der Waals surface area (Å²) >= 11 is 5.04. The highest BCUT2D eigenvalue weighted by molar-refractivity contribution is 9.11. The first-order valence-corrected chi connectivity index (χ1v) is 7.22. The fraction of sp³-hybridized carbons (Fsp3) is 0.286. The van der Waals surface area contributed by atoms with Crippen molar-refractivity contribution in [3.63, 3.8) is 0 Å². The van der Waals surface area contributed by atoms with Gasteiger partial charge >= 0.3 is 0 Å². The van der Waals surface area contributed by atoms with E-state index >= 15 is 0 Å². The van der Waals surface area contributed by atoms with Crippen LogP contribution in [0.15, 0.2) is 28.1 Å². The van der Waals surface area contributed by atoms with E-state index in [-0.39, 0.29) is 0 Å². The molecule has 0 aliphatic heterocycles. The Balaban J connectivity index is 2.36. The zero-order valence-electron chi connectivity index (χ0n) is 10.5. The number of ether oxygens (including phenoxy) is 1. The molecule has 1 atom stereocenters. The van der Waals surface area contributed by atoms with Crippen LogP contribution in [-0.2, 0) is 0 Å². The van der Waals surface area contributed by atoms with Crippen molar-refractivity contribution in [1.29, 1.82) is 0 Å². The van der Waals surface area contributed by atoms with Crippen molar-refractivity contribution in [1.82, 2.24) is 0 Å². The second kappa shape index (κ2) is 5.43. The fourth-order valence-electron chi connectivity index (χ4n) is 1.79. The van der Waals surface area contributed by atoms with Crippen LogP contribution in [0.3, 0.4) is 0 Å². The first-order chi connectivity index (χ1) is 8.52. The Bertz CT molecular complexity index is 543. The molecule has 4 heteroatoms. The Morgan fingerprint density at radius 2 is 1.94 bits per heavy atom. The van der Waals surface area contributed by atoms with Crippen molar-refractivity contribution in [3.05, 3.63) is 49.6 Å². The lowest BCUT2D eigenvalue weighted by Crippen LogP contribution is -1.98. The van der Waals surface area contributed by atoms with Gasteiger partial charge in [0.2, 0.25) is 0 Å². The summed E-state index contributed by atoms with van der Waals surface area (Å²) in [5.41, 5.74) is 3.07. The molecule has 0 amide bonds. The molecule has 1 aromatic heterocycles. The summed E-state index contributed by atoms with van der Waals surface area (Å²) in [6.45, 7) is 4.01. The number of aliphatic hydroxyl groups excluding tert-OH is 1. The van der Waals surface area contributed by atoms with Crippen molar-refractivity contribution >= 4 is 27.3 Å². The average Bonchev–Trinajstić information content (AvgIpc) is 2.69. The molecule has 1 N–H and O–H groups in total. The maximum atomic E-state index is 10.4. The third-order valence-corrected chi connectivity index (χ3v) is 5.08. The highest BCUT2D eigenvalue weighted by atomic mass is 79.9. The maximum Gasteiger partial charge on any atom is 0.122 e. The molecule has 96 valence electrons. The zero-order valence-corrected chi connectivity index (χ0v) is 12.9.